The second-order valence-electron chi connectivity index (χ2n) is 6.89. The highest BCUT2D eigenvalue weighted by atomic mass is 16.5. The molecule has 2 aromatic rings. The molecule has 1 aliphatic rings. The van der Waals surface area contributed by atoms with Crippen molar-refractivity contribution in [2.45, 2.75) is 25.3 Å². The molecule has 1 fully saturated rings. The van der Waals surface area contributed by atoms with E-state index in [1.807, 2.05) is 29.2 Å². The van der Waals surface area contributed by atoms with Gasteiger partial charge in [-0.15, -0.1) is 0 Å². The molecule has 0 saturated carbocycles. The molecule has 0 atom stereocenters. The molecule has 2 aromatic carbocycles. The maximum Gasteiger partial charge on any atom is 0.251 e. The zero-order valence-electron chi connectivity index (χ0n) is 15.7. The molecule has 1 heterocycles. The zero-order chi connectivity index (χ0) is 20.1. The van der Waals surface area contributed by atoms with Crippen molar-refractivity contribution in [3.8, 4) is 17.2 Å². The molecule has 7 nitrogen and oxygen atoms in total. The summed E-state index contributed by atoms with van der Waals surface area (Å²) in [5.74, 6) is 0.142. The summed E-state index contributed by atoms with van der Waals surface area (Å²) in [5.41, 5.74) is 1.14. The van der Waals surface area contributed by atoms with Crippen LogP contribution >= 0.6 is 0 Å². The van der Waals surface area contributed by atoms with E-state index in [9.17, 15) is 19.8 Å². The Balaban J connectivity index is 1.49. The standard InChI is InChI=1S/C21H24N2O5/c1-28-19-4-2-14(3-5-19)10-20(26)23-8-6-16(7-9-23)22-21(27)15-11-17(24)13-18(25)12-15/h2-5,11-13,16,24-25H,6-10H2,1H3,(H,22,27). The summed E-state index contributed by atoms with van der Waals surface area (Å²) in [4.78, 5) is 26.6. The van der Waals surface area contributed by atoms with Crippen LogP contribution in [0.1, 0.15) is 28.8 Å². The summed E-state index contributed by atoms with van der Waals surface area (Å²) in [7, 11) is 1.60. The van der Waals surface area contributed by atoms with Gasteiger partial charge >= 0.3 is 0 Å². The third kappa shape index (κ3) is 4.94. The molecule has 1 aliphatic heterocycles. The second kappa shape index (κ2) is 8.65. The predicted octanol–water partition coefficient (Wildman–Crippen LogP) is 2.07. The smallest absolute Gasteiger partial charge is 0.251 e. The van der Waals surface area contributed by atoms with E-state index in [1.54, 1.807) is 7.11 Å². The predicted molar refractivity (Wildman–Crippen MR) is 104 cm³/mol. The molecule has 0 spiro atoms. The van der Waals surface area contributed by atoms with Crippen molar-refractivity contribution in [1.82, 2.24) is 10.2 Å². The number of benzene rings is 2. The summed E-state index contributed by atoms with van der Waals surface area (Å²) in [6.45, 7) is 1.15. The third-order valence-corrected chi connectivity index (χ3v) is 4.86. The monoisotopic (exact) mass is 384 g/mol. The molecule has 0 aliphatic carbocycles. The first-order valence-corrected chi connectivity index (χ1v) is 9.19. The Bertz CT molecular complexity index is 822. The lowest BCUT2D eigenvalue weighted by atomic mass is 10.0. The van der Waals surface area contributed by atoms with Crippen LogP contribution < -0.4 is 10.1 Å². The topological polar surface area (TPSA) is 99.1 Å². The lowest BCUT2D eigenvalue weighted by Gasteiger charge is -2.32. The normalized spacial score (nSPS) is 14.5. The van der Waals surface area contributed by atoms with Crippen LogP contribution in [-0.2, 0) is 11.2 Å². The summed E-state index contributed by atoms with van der Waals surface area (Å²) in [6.07, 6.45) is 1.65. The minimum atomic E-state index is -0.353. The molecule has 28 heavy (non-hydrogen) atoms. The molecule has 0 radical (unpaired) electrons. The number of hydrogen-bond acceptors (Lipinski definition) is 5. The lowest BCUT2D eigenvalue weighted by Crippen LogP contribution is -2.46. The highest BCUT2D eigenvalue weighted by Gasteiger charge is 2.24. The van der Waals surface area contributed by atoms with Gasteiger partial charge in [0.25, 0.3) is 5.91 Å². The van der Waals surface area contributed by atoms with Gasteiger partial charge in [-0.2, -0.15) is 0 Å². The van der Waals surface area contributed by atoms with Gasteiger partial charge in [-0.1, -0.05) is 12.1 Å². The fourth-order valence-electron chi connectivity index (χ4n) is 3.30. The van der Waals surface area contributed by atoms with Crippen molar-refractivity contribution in [3.05, 3.63) is 53.6 Å². The van der Waals surface area contributed by atoms with Gasteiger partial charge < -0.3 is 25.2 Å². The molecule has 3 N–H and O–H groups in total. The highest BCUT2D eigenvalue weighted by Crippen LogP contribution is 2.21. The number of piperidine rings is 1. The Hall–Kier alpha value is -3.22. The van der Waals surface area contributed by atoms with Gasteiger partial charge in [-0.25, -0.2) is 0 Å². The van der Waals surface area contributed by atoms with Crippen LogP contribution in [0.15, 0.2) is 42.5 Å². The van der Waals surface area contributed by atoms with Gasteiger partial charge in [0.1, 0.15) is 17.2 Å². The van der Waals surface area contributed by atoms with Crippen LogP contribution in [0, 0.1) is 0 Å². The van der Waals surface area contributed by atoms with E-state index in [2.05, 4.69) is 5.32 Å². The summed E-state index contributed by atoms with van der Waals surface area (Å²) < 4.78 is 5.12. The number of carbonyl (C=O) groups is 2. The van der Waals surface area contributed by atoms with Gasteiger partial charge in [-0.05, 0) is 42.7 Å². The molecule has 3 rings (SSSR count). The van der Waals surface area contributed by atoms with E-state index >= 15 is 0 Å². The number of likely N-dealkylation sites (tertiary alicyclic amines) is 1. The molecule has 0 unspecified atom stereocenters. The lowest BCUT2D eigenvalue weighted by molar-refractivity contribution is -0.131. The Morgan fingerprint density at radius 3 is 2.25 bits per heavy atom. The first-order chi connectivity index (χ1) is 13.4. The number of methoxy groups -OCH3 is 1. The zero-order valence-corrected chi connectivity index (χ0v) is 15.7. The molecule has 0 aromatic heterocycles. The average Bonchev–Trinajstić information content (AvgIpc) is 2.68. The van der Waals surface area contributed by atoms with Crippen molar-refractivity contribution in [1.29, 1.82) is 0 Å². The van der Waals surface area contributed by atoms with E-state index in [1.165, 1.54) is 18.2 Å². The van der Waals surface area contributed by atoms with Crippen molar-refractivity contribution < 1.29 is 24.5 Å². The number of rotatable bonds is 5. The number of nitrogens with one attached hydrogen (secondary N) is 1. The van der Waals surface area contributed by atoms with E-state index in [-0.39, 0.29) is 34.9 Å². The molecule has 1 saturated heterocycles. The van der Waals surface area contributed by atoms with Crippen LogP contribution in [0.4, 0.5) is 0 Å². The van der Waals surface area contributed by atoms with Crippen molar-refractivity contribution in [2.24, 2.45) is 0 Å². The summed E-state index contributed by atoms with van der Waals surface area (Å²) >= 11 is 0. The van der Waals surface area contributed by atoms with Gasteiger partial charge in [0.15, 0.2) is 0 Å². The van der Waals surface area contributed by atoms with Crippen molar-refractivity contribution in [3.63, 3.8) is 0 Å². The Morgan fingerprint density at radius 1 is 1.07 bits per heavy atom. The highest BCUT2D eigenvalue weighted by molar-refractivity contribution is 5.95. The SMILES string of the molecule is COc1ccc(CC(=O)N2CCC(NC(=O)c3cc(O)cc(O)c3)CC2)cc1. The molecular formula is C21H24N2O5. The van der Waals surface area contributed by atoms with E-state index in [0.717, 1.165) is 11.3 Å². The Morgan fingerprint density at radius 2 is 1.68 bits per heavy atom. The molecule has 148 valence electrons. The Labute approximate surface area is 163 Å². The maximum absolute atomic E-state index is 12.5. The number of amides is 2. The van der Waals surface area contributed by atoms with Crippen molar-refractivity contribution >= 4 is 11.8 Å². The van der Waals surface area contributed by atoms with E-state index in [0.29, 0.717) is 32.4 Å². The van der Waals surface area contributed by atoms with Gasteiger partial charge in [0.05, 0.1) is 13.5 Å². The quantitative estimate of drug-likeness (QED) is 0.733. The maximum atomic E-state index is 12.5. The number of phenols is 2. The fraction of sp³-hybridized carbons (Fsp3) is 0.333. The average molecular weight is 384 g/mol. The van der Waals surface area contributed by atoms with E-state index in [4.69, 9.17) is 4.74 Å². The van der Waals surface area contributed by atoms with Gasteiger partial charge in [0, 0.05) is 30.8 Å². The molecular weight excluding hydrogens is 360 g/mol. The van der Waals surface area contributed by atoms with E-state index < -0.39 is 0 Å². The van der Waals surface area contributed by atoms with Crippen LogP contribution in [0.25, 0.3) is 0 Å². The molecule has 2 amide bonds. The number of hydrogen-bond donors (Lipinski definition) is 3. The molecule has 0 bridgehead atoms. The van der Waals surface area contributed by atoms with Crippen LogP contribution in [-0.4, -0.2) is 53.2 Å². The first-order valence-electron chi connectivity index (χ1n) is 9.19. The largest absolute Gasteiger partial charge is 0.508 e. The van der Waals surface area contributed by atoms with Crippen LogP contribution in [0.2, 0.25) is 0 Å². The first kappa shape index (κ1) is 19.5. The second-order valence-corrected chi connectivity index (χ2v) is 6.89. The fourth-order valence-corrected chi connectivity index (χ4v) is 3.30. The number of phenolic OH excluding ortho intramolecular Hbond substituents is 2. The van der Waals surface area contributed by atoms with Gasteiger partial charge in [-0.3, -0.25) is 9.59 Å². The number of aromatic hydroxyl groups is 2. The third-order valence-electron chi connectivity index (χ3n) is 4.86. The van der Waals surface area contributed by atoms with Crippen LogP contribution in [0.3, 0.4) is 0 Å². The summed E-state index contributed by atoms with van der Waals surface area (Å²) in [5, 5.41) is 21.9. The summed E-state index contributed by atoms with van der Waals surface area (Å²) in [6, 6.07) is 11.2. The number of nitrogens with zero attached hydrogens (tertiary/aromatic N) is 1. The number of carbonyl (C=O) groups excluding carboxylic acids is 2. The minimum absolute atomic E-state index is 0.0537. The Kier molecular flexibility index (Phi) is 6.03. The molecule has 7 heteroatoms. The van der Waals surface area contributed by atoms with Gasteiger partial charge in [0.2, 0.25) is 5.91 Å². The number of ether oxygens (including phenoxy) is 1. The van der Waals surface area contributed by atoms with Crippen LogP contribution in [0.5, 0.6) is 17.2 Å². The van der Waals surface area contributed by atoms with Crippen molar-refractivity contribution in [2.75, 3.05) is 20.2 Å². The minimum Gasteiger partial charge on any atom is -0.508 e.